The summed E-state index contributed by atoms with van der Waals surface area (Å²) in [5.74, 6) is -0.137. The number of carbonyl (C=O) groups excluding carboxylic acids is 1. The van der Waals surface area contributed by atoms with E-state index in [2.05, 4.69) is 20.5 Å². The van der Waals surface area contributed by atoms with Gasteiger partial charge in [-0.2, -0.15) is 5.10 Å². The van der Waals surface area contributed by atoms with E-state index in [9.17, 15) is 4.79 Å². The van der Waals surface area contributed by atoms with E-state index in [0.29, 0.717) is 5.56 Å². The number of hydrogen-bond acceptors (Lipinski definition) is 4. The maximum Gasteiger partial charge on any atom is 0.255 e. The molecule has 2 N–H and O–H groups in total. The van der Waals surface area contributed by atoms with Crippen molar-refractivity contribution in [1.82, 2.24) is 15.2 Å². The van der Waals surface area contributed by atoms with Crippen molar-refractivity contribution in [1.29, 1.82) is 0 Å². The van der Waals surface area contributed by atoms with Crippen LogP contribution in [-0.4, -0.2) is 21.1 Å². The van der Waals surface area contributed by atoms with Crippen molar-refractivity contribution in [2.45, 2.75) is 0 Å². The zero-order valence-corrected chi connectivity index (χ0v) is 12.8. The van der Waals surface area contributed by atoms with Gasteiger partial charge >= 0.3 is 0 Å². The molecule has 4 rings (SSSR count). The topological polar surface area (TPSA) is 70.7 Å². The van der Waals surface area contributed by atoms with E-state index in [1.165, 1.54) is 11.3 Å². The molecule has 2 aromatic heterocycles. The molecule has 23 heavy (non-hydrogen) atoms. The molecule has 2 heterocycles. The molecule has 0 bridgehead atoms. The Bertz CT molecular complexity index is 975. The Morgan fingerprint density at radius 1 is 1.13 bits per heavy atom. The van der Waals surface area contributed by atoms with Gasteiger partial charge in [-0.05, 0) is 36.4 Å². The predicted octanol–water partition coefficient (Wildman–Crippen LogP) is 3.94. The van der Waals surface area contributed by atoms with Gasteiger partial charge in [0.25, 0.3) is 5.91 Å². The van der Waals surface area contributed by atoms with Crippen molar-refractivity contribution in [3.8, 4) is 11.3 Å². The van der Waals surface area contributed by atoms with Crippen LogP contribution in [0.1, 0.15) is 10.4 Å². The number of benzene rings is 2. The van der Waals surface area contributed by atoms with E-state index in [0.717, 1.165) is 27.2 Å². The summed E-state index contributed by atoms with van der Waals surface area (Å²) in [4.78, 5) is 16.7. The minimum atomic E-state index is -0.137. The maximum absolute atomic E-state index is 12.4. The van der Waals surface area contributed by atoms with Crippen LogP contribution < -0.4 is 5.32 Å². The van der Waals surface area contributed by atoms with Crippen molar-refractivity contribution in [2.75, 3.05) is 5.32 Å². The summed E-state index contributed by atoms with van der Waals surface area (Å²) in [6, 6.07) is 15.0. The Labute approximate surface area is 136 Å². The SMILES string of the molecule is O=C(Nc1cccc(-c2ccn[nH]2)c1)c1ccc2ncsc2c1. The Balaban J connectivity index is 1.59. The number of thiazole rings is 1. The number of carbonyl (C=O) groups is 1. The van der Waals surface area contributed by atoms with Crippen molar-refractivity contribution < 1.29 is 4.79 Å². The fraction of sp³-hybridized carbons (Fsp3) is 0. The number of anilines is 1. The molecule has 0 saturated carbocycles. The second-order valence-electron chi connectivity index (χ2n) is 5.04. The number of nitrogens with zero attached hydrogens (tertiary/aromatic N) is 2. The van der Waals surface area contributed by atoms with Crippen molar-refractivity contribution in [3.05, 3.63) is 65.8 Å². The maximum atomic E-state index is 12.4. The number of hydrogen-bond donors (Lipinski definition) is 2. The Morgan fingerprint density at radius 3 is 2.96 bits per heavy atom. The third-order valence-electron chi connectivity index (χ3n) is 3.53. The van der Waals surface area contributed by atoms with Gasteiger partial charge in [0.2, 0.25) is 0 Å². The fourth-order valence-electron chi connectivity index (χ4n) is 2.38. The van der Waals surface area contributed by atoms with Crippen LogP contribution in [0.3, 0.4) is 0 Å². The second-order valence-corrected chi connectivity index (χ2v) is 5.93. The van der Waals surface area contributed by atoms with E-state index >= 15 is 0 Å². The summed E-state index contributed by atoms with van der Waals surface area (Å²) in [5, 5.41) is 9.79. The molecular weight excluding hydrogens is 308 g/mol. The van der Waals surface area contributed by atoms with Gasteiger partial charge in [-0.15, -0.1) is 11.3 Å². The minimum Gasteiger partial charge on any atom is -0.322 e. The first-order valence-electron chi connectivity index (χ1n) is 7.04. The number of fused-ring (bicyclic) bond motifs is 1. The summed E-state index contributed by atoms with van der Waals surface area (Å²) in [7, 11) is 0. The smallest absolute Gasteiger partial charge is 0.255 e. The largest absolute Gasteiger partial charge is 0.322 e. The molecule has 1 amide bonds. The third-order valence-corrected chi connectivity index (χ3v) is 4.32. The van der Waals surface area contributed by atoms with Gasteiger partial charge in [-0.25, -0.2) is 4.98 Å². The van der Waals surface area contributed by atoms with Crippen LogP contribution in [-0.2, 0) is 0 Å². The molecule has 112 valence electrons. The molecule has 2 aromatic carbocycles. The van der Waals surface area contributed by atoms with Crippen molar-refractivity contribution in [2.24, 2.45) is 0 Å². The molecule has 0 fully saturated rings. The average Bonchev–Trinajstić information content (AvgIpc) is 3.26. The highest BCUT2D eigenvalue weighted by molar-refractivity contribution is 7.16. The number of H-pyrrole nitrogens is 1. The monoisotopic (exact) mass is 320 g/mol. The van der Waals surface area contributed by atoms with E-state index in [1.54, 1.807) is 17.8 Å². The predicted molar refractivity (Wildman–Crippen MR) is 91.6 cm³/mol. The van der Waals surface area contributed by atoms with Crippen molar-refractivity contribution >= 4 is 33.1 Å². The van der Waals surface area contributed by atoms with Gasteiger partial charge in [0.1, 0.15) is 0 Å². The van der Waals surface area contributed by atoms with Crippen LogP contribution in [0, 0.1) is 0 Å². The van der Waals surface area contributed by atoms with E-state index in [-0.39, 0.29) is 5.91 Å². The number of aromatic amines is 1. The van der Waals surface area contributed by atoms with Gasteiger partial charge in [-0.1, -0.05) is 12.1 Å². The molecule has 0 radical (unpaired) electrons. The van der Waals surface area contributed by atoms with Crippen LogP contribution >= 0.6 is 11.3 Å². The number of aromatic nitrogens is 3. The van der Waals surface area contributed by atoms with Crippen molar-refractivity contribution in [3.63, 3.8) is 0 Å². The second kappa shape index (κ2) is 5.66. The van der Waals surface area contributed by atoms with Gasteiger partial charge in [0, 0.05) is 23.0 Å². The molecule has 0 aliphatic rings. The molecule has 0 atom stereocenters. The number of nitrogens with one attached hydrogen (secondary N) is 2. The highest BCUT2D eigenvalue weighted by Gasteiger charge is 2.09. The van der Waals surface area contributed by atoms with Gasteiger partial charge in [0.05, 0.1) is 21.4 Å². The summed E-state index contributed by atoms with van der Waals surface area (Å²) in [6.45, 7) is 0. The molecule has 0 spiro atoms. The lowest BCUT2D eigenvalue weighted by molar-refractivity contribution is 0.102. The van der Waals surface area contributed by atoms with Crippen LogP contribution in [0.4, 0.5) is 5.69 Å². The minimum absolute atomic E-state index is 0.137. The molecule has 6 heteroatoms. The highest BCUT2D eigenvalue weighted by Crippen LogP contribution is 2.22. The first-order valence-corrected chi connectivity index (χ1v) is 7.92. The zero-order valence-electron chi connectivity index (χ0n) is 12.0. The summed E-state index contributed by atoms with van der Waals surface area (Å²) in [6.07, 6.45) is 1.70. The average molecular weight is 320 g/mol. The van der Waals surface area contributed by atoms with E-state index in [1.807, 2.05) is 42.5 Å². The van der Waals surface area contributed by atoms with Crippen LogP contribution in [0.2, 0.25) is 0 Å². The Hall–Kier alpha value is -2.99. The fourth-order valence-corrected chi connectivity index (χ4v) is 3.10. The number of amides is 1. The summed E-state index contributed by atoms with van der Waals surface area (Å²) >= 11 is 1.52. The van der Waals surface area contributed by atoms with Gasteiger partial charge in [-0.3, -0.25) is 9.89 Å². The van der Waals surface area contributed by atoms with Gasteiger partial charge < -0.3 is 5.32 Å². The van der Waals surface area contributed by atoms with E-state index in [4.69, 9.17) is 0 Å². The molecule has 0 aliphatic heterocycles. The Kier molecular flexibility index (Phi) is 3.36. The van der Waals surface area contributed by atoms with Crippen LogP contribution in [0.25, 0.3) is 21.5 Å². The molecule has 0 saturated heterocycles. The first kappa shape index (κ1) is 13.7. The van der Waals surface area contributed by atoms with Crippen LogP contribution in [0.5, 0.6) is 0 Å². The zero-order chi connectivity index (χ0) is 15.6. The molecule has 0 unspecified atom stereocenters. The Morgan fingerprint density at radius 2 is 2.09 bits per heavy atom. The molecule has 4 aromatic rings. The first-order chi connectivity index (χ1) is 11.3. The quantitative estimate of drug-likeness (QED) is 0.600. The van der Waals surface area contributed by atoms with Crippen LogP contribution in [0.15, 0.2) is 60.2 Å². The number of rotatable bonds is 3. The summed E-state index contributed by atoms with van der Waals surface area (Å²) < 4.78 is 1.00. The normalized spacial score (nSPS) is 10.8. The lowest BCUT2D eigenvalue weighted by Gasteiger charge is -2.07. The molecule has 5 nitrogen and oxygen atoms in total. The van der Waals surface area contributed by atoms with E-state index < -0.39 is 0 Å². The third kappa shape index (κ3) is 2.72. The highest BCUT2D eigenvalue weighted by atomic mass is 32.1. The van der Waals surface area contributed by atoms with Gasteiger partial charge in [0.15, 0.2) is 0 Å². The standard InChI is InChI=1S/C17H12N4OS/c22-17(12-4-5-15-16(9-12)23-10-18-15)20-13-3-1-2-11(8-13)14-6-7-19-21-14/h1-10H,(H,19,21)(H,20,22). The lowest BCUT2D eigenvalue weighted by atomic mass is 10.1. The summed E-state index contributed by atoms with van der Waals surface area (Å²) in [5.41, 5.74) is 5.93. The molecule has 0 aliphatic carbocycles. The lowest BCUT2D eigenvalue weighted by Crippen LogP contribution is -2.11. The molecular formula is C17H12N4OS.